The van der Waals surface area contributed by atoms with Gasteiger partial charge in [-0.3, -0.25) is 0 Å². The van der Waals surface area contributed by atoms with Gasteiger partial charge in [0.15, 0.2) is 0 Å². The fourth-order valence-corrected chi connectivity index (χ4v) is 3.90. The van der Waals surface area contributed by atoms with E-state index in [1.165, 1.54) is 30.3 Å². The van der Waals surface area contributed by atoms with Crippen molar-refractivity contribution in [3.63, 3.8) is 0 Å². The summed E-state index contributed by atoms with van der Waals surface area (Å²) < 4.78 is 62.3. The summed E-state index contributed by atoms with van der Waals surface area (Å²) in [6.45, 7) is 4.11. The third-order valence-corrected chi connectivity index (χ3v) is 5.58. The number of amides is 1. The summed E-state index contributed by atoms with van der Waals surface area (Å²) in [7, 11) is 0. The predicted octanol–water partition coefficient (Wildman–Crippen LogP) is 7.15. The Morgan fingerprint density at radius 3 is 2.32 bits per heavy atom. The van der Waals surface area contributed by atoms with E-state index in [0.717, 1.165) is 27.8 Å². The molecule has 1 amide bonds. The Hall–Kier alpha value is -4.27. The lowest BCUT2D eigenvalue weighted by Gasteiger charge is -2.14. The number of carbonyl (C=O) groups is 1. The van der Waals surface area contributed by atoms with Crippen LogP contribution >= 0.6 is 0 Å². The van der Waals surface area contributed by atoms with Crippen molar-refractivity contribution in [2.24, 2.45) is 0 Å². The maximum atomic E-state index is 13.4. The van der Waals surface area contributed by atoms with Crippen LogP contribution in [0.5, 0.6) is 11.6 Å². The van der Waals surface area contributed by atoms with Gasteiger partial charge in [-0.25, -0.2) is 9.18 Å². The normalized spacial score (nSPS) is 11.3. The van der Waals surface area contributed by atoms with Gasteiger partial charge in [-0.2, -0.15) is 0 Å². The molecule has 5 nitrogen and oxygen atoms in total. The predicted molar refractivity (Wildman–Crippen MR) is 131 cm³/mol. The number of benzene rings is 3. The van der Waals surface area contributed by atoms with Crippen LogP contribution in [0.3, 0.4) is 0 Å². The maximum absolute atomic E-state index is 13.4. The highest BCUT2D eigenvalue weighted by atomic mass is 19.4. The van der Waals surface area contributed by atoms with Gasteiger partial charge < -0.3 is 19.4 Å². The van der Waals surface area contributed by atoms with Crippen molar-refractivity contribution in [3.05, 3.63) is 107 Å². The first kappa shape index (κ1) is 25.8. The largest absolute Gasteiger partial charge is 0.573 e. The van der Waals surface area contributed by atoms with Gasteiger partial charge in [-0.15, -0.1) is 13.2 Å². The van der Waals surface area contributed by atoms with Crippen molar-refractivity contribution in [3.8, 4) is 22.8 Å². The number of nitrogens with one attached hydrogen (secondary N) is 1. The smallest absolute Gasteiger partial charge is 0.406 e. The van der Waals surface area contributed by atoms with Gasteiger partial charge in [0.25, 0.3) is 0 Å². The monoisotopic (exact) mass is 512 g/mol. The lowest BCUT2D eigenvalue weighted by Crippen LogP contribution is -2.27. The second-order valence-electron chi connectivity index (χ2n) is 8.55. The Morgan fingerprint density at radius 1 is 0.946 bits per heavy atom. The van der Waals surface area contributed by atoms with Gasteiger partial charge >= 0.3 is 12.5 Å². The minimum atomic E-state index is -4.81. The molecule has 0 saturated heterocycles. The highest BCUT2D eigenvalue weighted by molar-refractivity contribution is 5.78. The van der Waals surface area contributed by atoms with Crippen molar-refractivity contribution in [1.29, 1.82) is 0 Å². The standard InChI is InChI=1S/C28H24F4N2O3/c1-18-6-10-22(11-7-18)25-19(2)16-34(17-20-8-12-23(29)13-9-20)26(25)36-27(35)33-15-21-4-3-5-24(14-21)37-28(30,31)32/h3-14,16H,15,17H2,1-2H3,(H,33,35). The van der Waals surface area contributed by atoms with Crippen molar-refractivity contribution in [2.45, 2.75) is 33.3 Å². The van der Waals surface area contributed by atoms with Gasteiger partial charge in [0.05, 0.1) is 6.54 Å². The molecule has 0 fully saturated rings. The van der Waals surface area contributed by atoms with Crippen LogP contribution in [-0.4, -0.2) is 17.0 Å². The SMILES string of the molecule is Cc1ccc(-c2c(C)cn(Cc3ccc(F)cc3)c2OC(=O)NCc2cccc(OC(F)(F)F)c2)cc1. The number of hydrogen-bond donors (Lipinski definition) is 1. The summed E-state index contributed by atoms with van der Waals surface area (Å²) in [5, 5.41) is 2.57. The van der Waals surface area contributed by atoms with E-state index < -0.39 is 12.5 Å². The number of rotatable bonds is 7. The molecular formula is C28H24F4N2O3. The molecular weight excluding hydrogens is 488 g/mol. The average molecular weight is 513 g/mol. The second-order valence-corrected chi connectivity index (χ2v) is 8.55. The molecule has 0 atom stereocenters. The maximum Gasteiger partial charge on any atom is 0.573 e. The van der Waals surface area contributed by atoms with E-state index in [9.17, 15) is 22.4 Å². The van der Waals surface area contributed by atoms with Gasteiger partial charge in [0.2, 0.25) is 5.88 Å². The van der Waals surface area contributed by atoms with Crippen LogP contribution in [-0.2, 0) is 13.1 Å². The first-order valence-electron chi connectivity index (χ1n) is 11.4. The highest BCUT2D eigenvalue weighted by Crippen LogP contribution is 2.36. The molecule has 0 spiro atoms. The molecule has 9 heteroatoms. The third kappa shape index (κ3) is 6.91. The number of carbonyl (C=O) groups excluding carboxylic acids is 1. The molecule has 0 aliphatic carbocycles. The lowest BCUT2D eigenvalue weighted by molar-refractivity contribution is -0.274. The minimum Gasteiger partial charge on any atom is -0.406 e. The fraction of sp³-hybridized carbons (Fsp3) is 0.179. The molecule has 4 aromatic rings. The summed E-state index contributed by atoms with van der Waals surface area (Å²) in [6.07, 6.45) is -3.75. The van der Waals surface area contributed by atoms with Crippen LogP contribution in [0.2, 0.25) is 0 Å². The Balaban J connectivity index is 1.57. The molecule has 0 saturated carbocycles. The van der Waals surface area contributed by atoms with Crippen LogP contribution in [0.15, 0.2) is 79.0 Å². The molecule has 1 N–H and O–H groups in total. The van der Waals surface area contributed by atoms with Crippen LogP contribution in [0, 0.1) is 19.7 Å². The number of hydrogen-bond acceptors (Lipinski definition) is 3. The number of nitrogens with zero attached hydrogens (tertiary/aromatic N) is 1. The van der Waals surface area contributed by atoms with Crippen LogP contribution in [0.1, 0.15) is 22.3 Å². The third-order valence-electron chi connectivity index (χ3n) is 5.58. The first-order chi connectivity index (χ1) is 17.6. The van der Waals surface area contributed by atoms with Gasteiger partial charge in [-0.1, -0.05) is 54.1 Å². The first-order valence-corrected chi connectivity index (χ1v) is 11.4. The van der Waals surface area contributed by atoms with Crippen LogP contribution < -0.4 is 14.8 Å². The molecule has 0 aliphatic rings. The Labute approximate surface area is 211 Å². The van der Waals surface area contributed by atoms with E-state index in [4.69, 9.17) is 4.74 Å². The van der Waals surface area contributed by atoms with E-state index in [1.807, 2.05) is 44.3 Å². The summed E-state index contributed by atoms with van der Waals surface area (Å²) in [5.41, 5.74) is 4.71. The van der Waals surface area contributed by atoms with Gasteiger partial charge in [0.1, 0.15) is 11.6 Å². The van der Waals surface area contributed by atoms with E-state index >= 15 is 0 Å². The molecule has 1 aromatic heterocycles. The summed E-state index contributed by atoms with van der Waals surface area (Å²) in [6, 6.07) is 19.1. The van der Waals surface area contributed by atoms with Crippen molar-refractivity contribution in [1.82, 2.24) is 9.88 Å². The Kier molecular flexibility index (Phi) is 7.52. The van der Waals surface area contributed by atoms with E-state index in [0.29, 0.717) is 12.1 Å². The molecule has 3 aromatic carbocycles. The van der Waals surface area contributed by atoms with Crippen LogP contribution in [0.4, 0.5) is 22.4 Å². The van der Waals surface area contributed by atoms with E-state index in [2.05, 4.69) is 10.1 Å². The molecule has 0 radical (unpaired) electrons. The van der Waals surface area contributed by atoms with Gasteiger partial charge in [-0.05, 0) is 60.4 Å². The number of halogens is 4. The molecule has 0 aliphatic heterocycles. The average Bonchev–Trinajstić information content (AvgIpc) is 3.13. The zero-order valence-electron chi connectivity index (χ0n) is 20.1. The van der Waals surface area contributed by atoms with Crippen molar-refractivity contribution < 1.29 is 31.8 Å². The summed E-state index contributed by atoms with van der Waals surface area (Å²) >= 11 is 0. The van der Waals surface area contributed by atoms with E-state index in [-0.39, 0.29) is 24.0 Å². The second kappa shape index (κ2) is 10.8. The minimum absolute atomic E-state index is 0.0780. The molecule has 1 heterocycles. The zero-order valence-corrected chi connectivity index (χ0v) is 20.1. The topological polar surface area (TPSA) is 52.5 Å². The fourth-order valence-electron chi connectivity index (χ4n) is 3.90. The molecule has 0 unspecified atom stereocenters. The molecule has 0 bridgehead atoms. The summed E-state index contributed by atoms with van der Waals surface area (Å²) in [5.74, 6) is -0.448. The Morgan fingerprint density at radius 2 is 1.65 bits per heavy atom. The number of alkyl halides is 3. The lowest BCUT2D eigenvalue weighted by atomic mass is 10.0. The number of aryl methyl sites for hydroxylation is 2. The molecule has 37 heavy (non-hydrogen) atoms. The number of ether oxygens (including phenoxy) is 2. The number of aromatic nitrogens is 1. The van der Waals surface area contributed by atoms with Crippen molar-refractivity contribution in [2.75, 3.05) is 0 Å². The Bertz CT molecular complexity index is 1380. The molecule has 192 valence electrons. The van der Waals surface area contributed by atoms with E-state index in [1.54, 1.807) is 22.8 Å². The van der Waals surface area contributed by atoms with Crippen LogP contribution in [0.25, 0.3) is 11.1 Å². The van der Waals surface area contributed by atoms with Gasteiger partial charge in [0, 0.05) is 18.3 Å². The zero-order chi connectivity index (χ0) is 26.6. The molecule has 4 rings (SSSR count). The highest BCUT2D eigenvalue weighted by Gasteiger charge is 2.31. The van der Waals surface area contributed by atoms with Crippen molar-refractivity contribution >= 4 is 6.09 Å². The summed E-state index contributed by atoms with van der Waals surface area (Å²) in [4.78, 5) is 12.8. The quantitative estimate of drug-likeness (QED) is 0.268.